The Morgan fingerprint density at radius 2 is 2.16 bits per heavy atom. The minimum atomic E-state index is -1.04. The molecule has 1 aliphatic rings. The molecule has 1 unspecified atom stereocenters. The van der Waals surface area contributed by atoms with Crippen LogP contribution in [0.4, 0.5) is 0 Å². The largest absolute Gasteiger partial charge is 0.463 e. The molecule has 0 bridgehead atoms. The van der Waals surface area contributed by atoms with Gasteiger partial charge in [-0.1, -0.05) is 19.6 Å². The third kappa shape index (κ3) is 5.34. The zero-order valence-corrected chi connectivity index (χ0v) is 13.7. The van der Waals surface area contributed by atoms with Crippen LogP contribution in [0.25, 0.3) is 0 Å². The Kier molecular flexibility index (Phi) is 6.03. The lowest BCUT2D eigenvalue weighted by Gasteiger charge is -2.23. The molecule has 5 nitrogen and oxygen atoms in total. The molecule has 0 saturated heterocycles. The molecule has 0 aliphatic carbocycles. The van der Waals surface area contributed by atoms with Crippen LogP contribution in [0.15, 0.2) is 11.8 Å². The SMILES string of the molecule is CCOC(=O)C1=CNN(COCC[Si](C)(C)C)C1C. The first-order chi connectivity index (χ1) is 8.85. The van der Waals surface area contributed by atoms with Gasteiger partial charge in [-0.05, 0) is 19.9 Å². The van der Waals surface area contributed by atoms with E-state index < -0.39 is 8.07 Å². The second kappa shape index (κ2) is 7.07. The van der Waals surface area contributed by atoms with E-state index in [1.807, 2.05) is 18.9 Å². The van der Waals surface area contributed by atoms with Crippen molar-refractivity contribution < 1.29 is 14.3 Å². The average Bonchev–Trinajstić information content (AvgIpc) is 2.65. The summed E-state index contributed by atoms with van der Waals surface area (Å²) in [5.74, 6) is -0.257. The van der Waals surface area contributed by atoms with Crippen LogP contribution in [0.5, 0.6) is 0 Å². The highest BCUT2D eigenvalue weighted by Gasteiger charge is 2.29. The number of hydrogen-bond acceptors (Lipinski definition) is 5. The number of carbonyl (C=O) groups is 1. The van der Waals surface area contributed by atoms with E-state index in [0.717, 1.165) is 12.7 Å². The van der Waals surface area contributed by atoms with Crippen LogP contribution in [0.3, 0.4) is 0 Å². The van der Waals surface area contributed by atoms with E-state index in [2.05, 4.69) is 25.1 Å². The molecule has 19 heavy (non-hydrogen) atoms. The molecule has 110 valence electrons. The summed E-state index contributed by atoms with van der Waals surface area (Å²) < 4.78 is 10.7. The van der Waals surface area contributed by atoms with Gasteiger partial charge in [-0.15, -0.1) is 0 Å². The van der Waals surface area contributed by atoms with Crippen LogP contribution in [-0.2, 0) is 14.3 Å². The maximum Gasteiger partial charge on any atom is 0.337 e. The number of nitrogens with one attached hydrogen (secondary N) is 1. The second-order valence-corrected chi connectivity index (χ2v) is 11.6. The molecular formula is C13H26N2O3Si. The molecule has 1 heterocycles. The van der Waals surface area contributed by atoms with Gasteiger partial charge in [-0.25, -0.2) is 4.79 Å². The van der Waals surface area contributed by atoms with Crippen molar-refractivity contribution in [2.45, 2.75) is 45.6 Å². The Morgan fingerprint density at radius 3 is 2.74 bits per heavy atom. The van der Waals surface area contributed by atoms with Crippen molar-refractivity contribution in [1.29, 1.82) is 0 Å². The molecule has 1 atom stereocenters. The average molecular weight is 286 g/mol. The quantitative estimate of drug-likeness (QED) is 0.440. The Labute approximate surface area is 116 Å². The Bertz CT molecular complexity index is 339. The zero-order valence-electron chi connectivity index (χ0n) is 12.7. The van der Waals surface area contributed by atoms with E-state index in [-0.39, 0.29) is 12.0 Å². The van der Waals surface area contributed by atoms with Gasteiger partial charge in [0.05, 0.1) is 18.2 Å². The maximum absolute atomic E-state index is 11.7. The van der Waals surface area contributed by atoms with Gasteiger partial charge in [0.2, 0.25) is 0 Å². The van der Waals surface area contributed by atoms with Crippen molar-refractivity contribution in [1.82, 2.24) is 10.4 Å². The first-order valence-corrected chi connectivity index (χ1v) is 10.5. The number of carbonyl (C=O) groups excluding carboxylic acids is 1. The molecule has 0 saturated carbocycles. The maximum atomic E-state index is 11.7. The van der Waals surface area contributed by atoms with E-state index in [9.17, 15) is 4.79 Å². The van der Waals surface area contributed by atoms with Gasteiger partial charge in [0, 0.05) is 20.9 Å². The van der Waals surface area contributed by atoms with Crippen LogP contribution < -0.4 is 5.43 Å². The monoisotopic (exact) mass is 286 g/mol. The molecule has 0 spiro atoms. The Balaban J connectivity index is 2.30. The molecule has 0 radical (unpaired) electrons. The Morgan fingerprint density at radius 1 is 1.47 bits per heavy atom. The van der Waals surface area contributed by atoms with Crippen molar-refractivity contribution in [2.24, 2.45) is 0 Å². The van der Waals surface area contributed by atoms with Crippen LogP contribution in [-0.4, -0.2) is 45.0 Å². The summed E-state index contributed by atoms with van der Waals surface area (Å²) >= 11 is 0. The van der Waals surface area contributed by atoms with Crippen LogP contribution >= 0.6 is 0 Å². The second-order valence-electron chi connectivity index (χ2n) is 5.94. The van der Waals surface area contributed by atoms with Gasteiger partial charge in [0.25, 0.3) is 0 Å². The fraction of sp³-hybridized carbons (Fsp3) is 0.769. The van der Waals surface area contributed by atoms with Crippen LogP contribution in [0, 0.1) is 0 Å². The highest BCUT2D eigenvalue weighted by molar-refractivity contribution is 6.76. The molecule has 6 heteroatoms. The predicted octanol–water partition coefficient (Wildman–Crippen LogP) is 1.95. The van der Waals surface area contributed by atoms with Crippen LogP contribution in [0.1, 0.15) is 13.8 Å². The lowest BCUT2D eigenvalue weighted by atomic mass is 10.1. The zero-order chi connectivity index (χ0) is 14.5. The van der Waals surface area contributed by atoms with Gasteiger partial charge >= 0.3 is 5.97 Å². The normalized spacial score (nSPS) is 20.1. The molecular weight excluding hydrogens is 260 g/mol. The number of nitrogens with zero attached hydrogens (tertiary/aromatic N) is 1. The number of ether oxygens (including phenoxy) is 2. The van der Waals surface area contributed by atoms with Gasteiger partial charge in [-0.2, -0.15) is 5.01 Å². The summed E-state index contributed by atoms with van der Waals surface area (Å²) in [4.78, 5) is 11.7. The first kappa shape index (κ1) is 16.2. The van der Waals surface area contributed by atoms with Gasteiger partial charge in [-0.3, -0.25) is 0 Å². The van der Waals surface area contributed by atoms with E-state index in [0.29, 0.717) is 18.9 Å². The van der Waals surface area contributed by atoms with E-state index in [1.165, 1.54) is 0 Å². The van der Waals surface area contributed by atoms with E-state index in [4.69, 9.17) is 9.47 Å². The smallest absolute Gasteiger partial charge is 0.337 e. The van der Waals surface area contributed by atoms with Gasteiger partial charge in [0.1, 0.15) is 6.73 Å². The van der Waals surface area contributed by atoms with Crippen molar-refractivity contribution in [3.8, 4) is 0 Å². The molecule has 0 aromatic rings. The van der Waals surface area contributed by atoms with Crippen molar-refractivity contribution in [3.05, 3.63) is 11.8 Å². The minimum absolute atomic E-state index is 0.0223. The molecule has 0 aromatic carbocycles. The van der Waals surface area contributed by atoms with Gasteiger partial charge < -0.3 is 14.9 Å². The van der Waals surface area contributed by atoms with Crippen molar-refractivity contribution >= 4 is 14.0 Å². The fourth-order valence-electron chi connectivity index (χ4n) is 1.69. The topological polar surface area (TPSA) is 50.8 Å². The first-order valence-electron chi connectivity index (χ1n) is 6.83. The lowest BCUT2D eigenvalue weighted by Crippen LogP contribution is -2.39. The summed E-state index contributed by atoms with van der Waals surface area (Å²) in [6.45, 7) is 12.4. The molecule has 1 aliphatic heterocycles. The van der Waals surface area contributed by atoms with Gasteiger partial charge in [0.15, 0.2) is 0 Å². The third-order valence-corrected chi connectivity index (χ3v) is 4.75. The molecule has 1 rings (SSSR count). The minimum Gasteiger partial charge on any atom is -0.463 e. The fourth-order valence-corrected chi connectivity index (χ4v) is 2.44. The summed E-state index contributed by atoms with van der Waals surface area (Å²) in [7, 11) is -1.04. The van der Waals surface area contributed by atoms with E-state index in [1.54, 1.807) is 6.20 Å². The molecule has 1 N–H and O–H groups in total. The Hall–Kier alpha value is -0.853. The number of rotatable bonds is 7. The highest BCUT2D eigenvalue weighted by atomic mass is 28.3. The molecule has 0 fully saturated rings. The summed E-state index contributed by atoms with van der Waals surface area (Å²) in [5.41, 5.74) is 3.70. The van der Waals surface area contributed by atoms with Crippen LogP contribution in [0.2, 0.25) is 25.7 Å². The molecule has 0 aromatic heterocycles. The predicted molar refractivity (Wildman–Crippen MR) is 78.1 cm³/mol. The summed E-state index contributed by atoms with van der Waals surface area (Å²) in [6.07, 6.45) is 1.70. The summed E-state index contributed by atoms with van der Waals surface area (Å²) in [6, 6.07) is 1.12. The number of hydrogen-bond donors (Lipinski definition) is 1. The lowest BCUT2D eigenvalue weighted by molar-refractivity contribution is -0.139. The number of hydrazine groups is 1. The van der Waals surface area contributed by atoms with E-state index >= 15 is 0 Å². The third-order valence-electron chi connectivity index (χ3n) is 3.04. The van der Waals surface area contributed by atoms with Crippen molar-refractivity contribution in [3.63, 3.8) is 0 Å². The molecule has 0 amide bonds. The summed E-state index contributed by atoms with van der Waals surface area (Å²) in [5, 5.41) is 1.90. The highest BCUT2D eigenvalue weighted by Crippen LogP contribution is 2.16. The van der Waals surface area contributed by atoms with Crippen molar-refractivity contribution in [2.75, 3.05) is 19.9 Å². The standard InChI is InChI=1S/C13H26N2O3Si/c1-6-18-13(16)12-9-14-15(11(12)2)10-17-7-8-19(3,4)5/h9,11,14H,6-8,10H2,1-5H3. The number of esters is 1.